The number of benzene rings is 2. The van der Waals surface area contributed by atoms with Gasteiger partial charge in [-0.3, -0.25) is 0 Å². The monoisotopic (exact) mass is 402 g/mol. The lowest BCUT2D eigenvalue weighted by Gasteiger charge is -2.28. The number of rotatable bonds is 4. The van der Waals surface area contributed by atoms with Crippen LogP contribution in [0.5, 0.6) is 0 Å². The third kappa shape index (κ3) is 3.44. The lowest BCUT2D eigenvalue weighted by Crippen LogP contribution is -2.29. The highest BCUT2D eigenvalue weighted by Gasteiger charge is 2.19. The highest BCUT2D eigenvalue weighted by atomic mass is 32.1. The molecule has 5 rings (SSSR count). The van der Waals surface area contributed by atoms with Gasteiger partial charge in [0.25, 0.3) is 0 Å². The van der Waals surface area contributed by atoms with Crippen LogP contribution in [0.1, 0.15) is 40.1 Å². The number of aryl methyl sites for hydroxylation is 2. The molecule has 1 fully saturated rings. The minimum absolute atomic E-state index is 0.917. The molecule has 2 aromatic heterocycles. The Morgan fingerprint density at radius 3 is 2.45 bits per heavy atom. The van der Waals surface area contributed by atoms with Crippen molar-refractivity contribution < 1.29 is 0 Å². The van der Waals surface area contributed by atoms with Crippen molar-refractivity contribution in [3.63, 3.8) is 0 Å². The molecule has 1 aliphatic rings. The Balaban J connectivity index is 1.48. The van der Waals surface area contributed by atoms with Crippen molar-refractivity contribution in [1.82, 2.24) is 15.0 Å². The fraction of sp³-hybridized carbons (Fsp3) is 0.333. The standard InChI is InChI=1S/C24H26N4S/c1-17-21(16-19-10-12-20(13-11-19)27-14-6-3-7-15-27)24(18(2)29-17)28-23-9-5-4-8-22(23)25-26-28/h4-5,8-13H,3,6-7,14-16H2,1-2H3. The number of hydrogen-bond acceptors (Lipinski definition) is 4. The summed E-state index contributed by atoms with van der Waals surface area (Å²) >= 11 is 1.85. The first-order chi connectivity index (χ1) is 14.2. The van der Waals surface area contributed by atoms with Gasteiger partial charge in [-0.1, -0.05) is 29.5 Å². The number of thiophene rings is 1. The van der Waals surface area contributed by atoms with E-state index in [9.17, 15) is 0 Å². The minimum Gasteiger partial charge on any atom is -0.372 e. The molecule has 0 bridgehead atoms. The van der Waals surface area contributed by atoms with E-state index in [0.717, 1.165) is 17.5 Å². The third-order valence-corrected chi connectivity index (χ3v) is 7.00. The first-order valence-corrected chi connectivity index (χ1v) is 11.3. The zero-order valence-corrected chi connectivity index (χ0v) is 17.9. The van der Waals surface area contributed by atoms with Gasteiger partial charge in [-0.25, -0.2) is 4.68 Å². The Morgan fingerprint density at radius 2 is 1.66 bits per heavy atom. The number of nitrogens with zero attached hydrogens (tertiary/aromatic N) is 4. The van der Waals surface area contributed by atoms with Gasteiger partial charge in [-0.05, 0) is 68.5 Å². The maximum atomic E-state index is 4.48. The van der Waals surface area contributed by atoms with Crippen LogP contribution in [0, 0.1) is 13.8 Å². The van der Waals surface area contributed by atoms with Crippen LogP contribution in [0.4, 0.5) is 5.69 Å². The molecular formula is C24H26N4S. The molecule has 0 N–H and O–H groups in total. The number of fused-ring (bicyclic) bond motifs is 1. The Kier molecular flexibility index (Phi) is 4.84. The highest BCUT2D eigenvalue weighted by Crippen LogP contribution is 2.34. The molecule has 0 saturated carbocycles. The molecule has 1 saturated heterocycles. The van der Waals surface area contributed by atoms with E-state index in [1.165, 1.54) is 64.6 Å². The molecule has 5 heteroatoms. The molecule has 4 aromatic rings. The largest absolute Gasteiger partial charge is 0.372 e. The predicted octanol–water partition coefficient (Wildman–Crippen LogP) is 5.68. The van der Waals surface area contributed by atoms with Crippen LogP contribution >= 0.6 is 11.3 Å². The molecule has 148 valence electrons. The smallest absolute Gasteiger partial charge is 0.113 e. The second kappa shape index (κ2) is 7.64. The normalized spacial score (nSPS) is 14.6. The van der Waals surface area contributed by atoms with Gasteiger partial charge in [0.15, 0.2) is 0 Å². The molecule has 2 aromatic carbocycles. The molecular weight excluding hydrogens is 376 g/mol. The first kappa shape index (κ1) is 18.4. The fourth-order valence-electron chi connectivity index (χ4n) is 4.42. The average molecular weight is 403 g/mol. The van der Waals surface area contributed by atoms with E-state index in [1.54, 1.807) is 0 Å². The Labute approximate surface area is 175 Å². The Morgan fingerprint density at radius 1 is 0.897 bits per heavy atom. The Bertz CT molecular complexity index is 1130. The van der Waals surface area contributed by atoms with Crippen molar-refractivity contribution in [1.29, 1.82) is 0 Å². The van der Waals surface area contributed by atoms with Crippen molar-refractivity contribution in [2.24, 2.45) is 0 Å². The van der Waals surface area contributed by atoms with Gasteiger partial charge < -0.3 is 4.90 Å². The van der Waals surface area contributed by atoms with Crippen LogP contribution in [0.3, 0.4) is 0 Å². The lowest BCUT2D eigenvalue weighted by molar-refractivity contribution is 0.578. The SMILES string of the molecule is Cc1sc(C)c(-n2nnc3ccccc32)c1Cc1ccc(N2CCCCC2)cc1. The second-order valence-electron chi connectivity index (χ2n) is 7.92. The summed E-state index contributed by atoms with van der Waals surface area (Å²) in [6.45, 7) is 6.78. The number of aromatic nitrogens is 3. The summed E-state index contributed by atoms with van der Waals surface area (Å²) in [5, 5.41) is 8.85. The molecule has 0 unspecified atom stereocenters. The van der Waals surface area contributed by atoms with Crippen molar-refractivity contribution in [2.75, 3.05) is 18.0 Å². The summed E-state index contributed by atoms with van der Waals surface area (Å²) in [5.74, 6) is 0. The summed E-state index contributed by atoms with van der Waals surface area (Å²) in [4.78, 5) is 5.16. The maximum absolute atomic E-state index is 4.48. The molecule has 3 heterocycles. The summed E-state index contributed by atoms with van der Waals surface area (Å²) in [5.41, 5.74) is 7.25. The van der Waals surface area contributed by atoms with E-state index in [4.69, 9.17) is 0 Å². The first-order valence-electron chi connectivity index (χ1n) is 10.4. The summed E-state index contributed by atoms with van der Waals surface area (Å²) in [7, 11) is 0. The van der Waals surface area contributed by atoms with E-state index in [2.05, 4.69) is 65.5 Å². The predicted molar refractivity (Wildman–Crippen MR) is 122 cm³/mol. The van der Waals surface area contributed by atoms with Crippen LogP contribution in [0.15, 0.2) is 48.5 Å². The summed E-state index contributed by atoms with van der Waals surface area (Å²) in [6.07, 6.45) is 4.90. The van der Waals surface area contributed by atoms with Gasteiger partial charge in [0.1, 0.15) is 5.52 Å². The van der Waals surface area contributed by atoms with Crippen LogP contribution in [0.2, 0.25) is 0 Å². The van der Waals surface area contributed by atoms with Gasteiger partial charge in [0, 0.05) is 35.0 Å². The van der Waals surface area contributed by atoms with Crippen LogP contribution in [-0.4, -0.2) is 28.1 Å². The number of piperidine rings is 1. The molecule has 0 aliphatic carbocycles. The van der Waals surface area contributed by atoms with Crippen molar-refractivity contribution in [2.45, 2.75) is 39.5 Å². The molecule has 0 atom stereocenters. The van der Waals surface area contributed by atoms with Crippen molar-refractivity contribution in [3.05, 3.63) is 69.4 Å². The molecule has 1 aliphatic heterocycles. The van der Waals surface area contributed by atoms with Gasteiger partial charge in [-0.15, -0.1) is 16.4 Å². The quantitative estimate of drug-likeness (QED) is 0.440. The zero-order valence-electron chi connectivity index (χ0n) is 17.1. The van der Waals surface area contributed by atoms with Gasteiger partial charge in [0.05, 0.1) is 11.2 Å². The summed E-state index contributed by atoms with van der Waals surface area (Å²) < 4.78 is 2.02. The van der Waals surface area contributed by atoms with E-state index < -0.39 is 0 Å². The average Bonchev–Trinajstić information content (AvgIpc) is 3.29. The highest BCUT2D eigenvalue weighted by molar-refractivity contribution is 7.12. The lowest BCUT2D eigenvalue weighted by atomic mass is 10.0. The van der Waals surface area contributed by atoms with E-state index in [1.807, 2.05) is 28.2 Å². The number of hydrogen-bond donors (Lipinski definition) is 0. The number of para-hydroxylation sites is 1. The third-order valence-electron chi connectivity index (χ3n) is 5.95. The van der Waals surface area contributed by atoms with E-state index in [-0.39, 0.29) is 0 Å². The van der Waals surface area contributed by atoms with Gasteiger partial charge in [0.2, 0.25) is 0 Å². The number of anilines is 1. The van der Waals surface area contributed by atoms with Crippen LogP contribution in [0.25, 0.3) is 16.7 Å². The molecule has 4 nitrogen and oxygen atoms in total. The van der Waals surface area contributed by atoms with Gasteiger partial charge in [-0.2, -0.15) is 0 Å². The summed E-state index contributed by atoms with van der Waals surface area (Å²) in [6, 6.07) is 17.3. The second-order valence-corrected chi connectivity index (χ2v) is 9.35. The minimum atomic E-state index is 0.917. The van der Waals surface area contributed by atoms with Gasteiger partial charge >= 0.3 is 0 Å². The molecule has 0 amide bonds. The van der Waals surface area contributed by atoms with E-state index in [0.29, 0.717) is 0 Å². The Hall–Kier alpha value is -2.66. The fourth-order valence-corrected chi connectivity index (χ4v) is 5.48. The topological polar surface area (TPSA) is 34.0 Å². The van der Waals surface area contributed by atoms with Crippen LogP contribution in [-0.2, 0) is 6.42 Å². The van der Waals surface area contributed by atoms with Crippen molar-refractivity contribution in [3.8, 4) is 5.69 Å². The van der Waals surface area contributed by atoms with Crippen LogP contribution < -0.4 is 4.90 Å². The molecule has 0 radical (unpaired) electrons. The maximum Gasteiger partial charge on any atom is 0.113 e. The molecule has 0 spiro atoms. The van der Waals surface area contributed by atoms with Crippen molar-refractivity contribution >= 4 is 28.1 Å². The molecule has 29 heavy (non-hydrogen) atoms. The van der Waals surface area contributed by atoms with E-state index >= 15 is 0 Å². The zero-order chi connectivity index (χ0) is 19.8.